The zero-order chi connectivity index (χ0) is 27.0. The topological polar surface area (TPSA) is 93.5 Å². The molecule has 1 heterocycles. The van der Waals surface area contributed by atoms with Crippen molar-refractivity contribution in [3.05, 3.63) is 101 Å². The summed E-state index contributed by atoms with van der Waals surface area (Å²) in [6.07, 6.45) is 0.342. The van der Waals surface area contributed by atoms with Crippen molar-refractivity contribution in [3.8, 4) is 16.8 Å². The highest BCUT2D eigenvalue weighted by atomic mass is 35.5. The fourth-order valence-electron chi connectivity index (χ4n) is 4.37. The van der Waals surface area contributed by atoms with E-state index in [-0.39, 0.29) is 5.82 Å². The fourth-order valence-corrected chi connectivity index (χ4v) is 4.66. The number of hydrogen-bond donors (Lipinski definition) is 2. The number of carbonyl (C=O) groups is 2. The Morgan fingerprint density at radius 3 is 2.42 bits per heavy atom. The van der Waals surface area contributed by atoms with Crippen molar-refractivity contribution in [3.63, 3.8) is 0 Å². The molecule has 5 rings (SSSR count). The summed E-state index contributed by atoms with van der Waals surface area (Å²) < 4.78 is 36.0. The summed E-state index contributed by atoms with van der Waals surface area (Å²) in [6, 6.07) is 17.8. The first kappa shape index (κ1) is 25.4. The SMILES string of the molecule is C[C@@H](OC(=O)Nc1c(F)cnn1-c1ccc(-c2ccc(C3(C(=O)O)CC3)cc2F)cc1)c1ccccc1Cl. The second-order valence-corrected chi connectivity index (χ2v) is 9.48. The van der Waals surface area contributed by atoms with Crippen LogP contribution in [0.2, 0.25) is 5.02 Å². The second-order valence-electron chi connectivity index (χ2n) is 9.08. The standard InChI is InChI=1S/C28H22ClF2N3O4/c1-16(20-4-2-3-5-22(20)29)38-27(37)33-25-24(31)15-32-34(25)19-9-6-17(7-10-19)21-11-8-18(14-23(21)30)28(12-13-28)26(35)36/h2-11,14-16H,12-13H2,1H3,(H,33,37)(H,35,36)/t16-/m1/s1. The Bertz CT molecular complexity index is 1530. The van der Waals surface area contributed by atoms with E-state index in [4.69, 9.17) is 16.3 Å². The molecule has 2 N–H and O–H groups in total. The van der Waals surface area contributed by atoms with Crippen molar-refractivity contribution in [1.82, 2.24) is 9.78 Å². The number of aromatic nitrogens is 2. The van der Waals surface area contributed by atoms with Gasteiger partial charge < -0.3 is 9.84 Å². The number of halogens is 3. The molecule has 38 heavy (non-hydrogen) atoms. The molecule has 4 aromatic rings. The molecule has 1 aromatic heterocycles. The number of carbonyl (C=O) groups excluding carboxylic acids is 1. The van der Waals surface area contributed by atoms with Gasteiger partial charge in [0, 0.05) is 16.1 Å². The van der Waals surface area contributed by atoms with E-state index in [0.29, 0.717) is 45.8 Å². The number of ether oxygens (including phenoxy) is 1. The molecule has 1 fully saturated rings. The number of rotatable bonds is 7. The predicted molar refractivity (Wildman–Crippen MR) is 137 cm³/mol. The summed E-state index contributed by atoms with van der Waals surface area (Å²) in [5.41, 5.74) is 1.29. The fraction of sp³-hybridized carbons (Fsp3) is 0.179. The third-order valence-electron chi connectivity index (χ3n) is 6.68. The van der Waals surface area contributed by atoms with Crippen LogP contribution in [0.25, 0.3) is 16.8 Å². The average molecular weight is 538 g/mol. The molecule has 1 aliphatic rings. The summed E-state index contributed by atoms with van der Waals surface area (Å²) in [5.74, 6) is -2.49. The Morgan fingerprint density at radius 1 is 1.08 bits per heavy atom. The van der Waals surface area contributed by atoms with Crippen LogP contribution in [-0.4, -0.2) is 26.9 Å². The van der Waals surface area contributed by atoms with E-state index in [9.17, 15) is 23.5 Å². The molecule has 0 spiro atoms. The van der Waals surface area contributed by atoms with E-state index in [1.54, 1.807) is 67.6 Å². The highest BCUT2D eigenvalue weighted by molar-refractivity contribution is 6.31. The molecule has 10 heteroatoms. The lowest BCUT2D eigenvalue weighted by Gasteiger charge is -2.16. The molecule has 3 aromatic carbocycles. The smallest absolute Gasteiger partial charge is 0.413 e. The van der Waals surface area contributed by atoms with E-state index in [1.165, 1.54) is 10.7 Å². The van der Waals surface area contributed by atoms with Crippen LogP contribution >= 0.6 is 11.6 Å². The summed E-state index contributed by atoms with van der Waals surface area (Å²) in [4.78, 5) is 24.1. The van der Waals surface area contributed by atoms with Crippen LogP contribution in [-0.2, 0) is 14.9 Å². The maximum Gasteiger partial charge on any atom is 0.413 e. The van der Waals surface area contributed by atoms with Crippen molar-refractivity contribution in [2.75, 3.05) is 5.32 Å². The molecule has 0 aliphatic heterocycles. The van der Waals surface area contributed by atoms with Gasteiger partial charge in [-0.1, -0.05) is 54.1 Å². The van der Waals surface area contributed by atoms with Crippen LogP contribution in [0, 0.1) is 11.6 Å². The third-order valence-corrected chi connectivity index (χ3v) is 7.02. The molecule has 1 aliphatic carbocycles. The predicted octanol–water partition coefficient (Wildman–Crippen LogP) is 6.90. The van der Waals surface area contributed by atoms with Crippen molar-refractivity contribution in [2.45, 2.75) is 31.3 Å². The molecule has 0 unspecified atom stereocenters. The van der Waals surface area contributed by atoms with E-state index in [2.05, 4.69) is 10.4 Å². The van der Waals surface area contributed by atoms with Crippen LogP contribution in [0.1, 0.15) is 37.0 Å². The summed E-state index contributed by atoms with van der Waals surface area (Å²) in [7, 11) is 0. The molecule has 0 saturated heterocycles. The highest BCUT2D eigenvalue weighted by Crippen LogP contribution is 2.49. The Hall–Kier alpha value is -4.24. The Kier molecular flexibility index (Phi) is 6.62. The number of benzene rings is 3. The second kappa shape index (κ2) is 9.90. The number of anilines is 1. The van der Waals surface area contributed by atoms with Crippen molar-refractivity contribution < 1.29 is 28.2 Å². The van der Waals surface area contributed by atoms with Gasteiger partial charge >= 0.3 is 12.1 Å². The number of amides is 1. The molecule has 7 nitrogen and oxygen atoms in total. The van der Waals surface area contributed by atoms with Gasteiger partial charge in [-0.25, -0.2) is 18.3 Å². The zero-order valence-corrected chi connectivity index (χ0v) is 20.9. The van der Waals surface area contributed by atoms with Crippen molar-refractivity contribution >= 4 is 29.5 Å². The first-order valence-electron chi connectivity index (χ1n) is 11.8. The van der Waals surface area contributed by atoms with Gasteiger partial charge in [-0.05, 0) is 55.2 Å². The molecular weight excluding hydrogens is 516 g/mol. The summed E-state index contributed by atoms with van der Waals surface area (Å²) in [5, 5.41) is 16.3. The number of carboxylic acids is 1. The zero-order valence-electron chi connectivity index (χ0n) is 20.1. The number of nitrogens with one attached hydrogen (secondary N) is 1. The number of nitrogens with zero attached hydrogens (tertiary/aromatic N) is 2. The van der Waals surface area contributed by atoms with Gasteiger partial charge in [-0.3, -0.25) is 10.1 Å². The van der Waals surface area contributed by atoms with Gasteiger partial charge in [0.1, 0.15) is 11.9 Å². The van der Waals surface area contributed by atoms with E-state index in [1.807, 2.05) is 0 Å². The minimum absolute atomic E-state index is 0.229. The van der Waals surface area contributed by atoms with E-state index in [0.717, 1.165) is 6.20 Å². The lowest BCUT2D eigenvalue weighted by atomic mass is 9.93. The Morgan fingerprint density at radius 2 is 1.79 bits per heavy atom. The van der Waals surface area contributed by atoms with E-state index < -0.39 is 35.2 Å². The molecule has 1 atom stereocenters. The van der Waals surface area contributed by atoms with Crippen LogP contribution in [0.3, 0.4) is 0 Å². The highest BCUT2D eigenvalue weighted by Gasteiger charge is 2.51. The normalized spacial score (nSPS) is 14.5. The summed E-state index contributed by atoms with van der Waals surface area (Å²) >= 11 is 6.15. The van der Waals surface area contributed by atoms with Crippen LogP contribution in [0.5, 0.6) is 0 Å². The minimum Gasteiger partial charge on any atom is -0.481 e. The first-order chi connectivity index (χ1) is 18.2. The van der Waals surface area contributed by atoms with Gasteiger partial charge in [0.2, 0.25) is 0 Å². The Balaban J connectivity index is 1.33. The van der Waals surface area contributed by atoms with Gasteiger partial charge in [0.05, 0.1) is 17.3 Å². The van der Waals surface area contributed by atoms with Crippen molar-refractivity contribution in [1.29, 1.82) is 0 Å². The molecule has 0 radical (unpaired) electrons. The molecule has 1 amide bonds. The maximum atomic E-state index is 14.9. The monoisotopic (exact) mass is 537 g/mol. The van der Waals surface area contributed by atoms with Gasteiger partial charge in [-0.15, -0.1) is 0 Å². The maximum absolute atomic E-state index is 14.9. The average Bonchev–Trinajstić information content (AvgIpc) is 3.64. The first-order valence-corrected chi connectivity index (χ1v) is 12.2. The lowest BCUT2D eigenvalue weighted by molar-refractivity contribution is -0.140. The molecule has 1 saturated carbocycles. The summed E-state index contributed by atoms with van der Waals surface area (Å²) in [6.45, 7) is 1.64. The van der Waals surface area contributed by atoms with Crippen LogP contribution < -0.4 is 5.32 Å². The molecular formula is C28H22ClF2N3O4. The minimum atomic E-state index is -0.997. The van der Waals surface area contributed by atoms with Crippen LogP contribution in [0.15, 0.2) is 72.9 Å². The number of hydrogen-bond acceptors (Lipinski definition) is 4. The van der Waals surface area contributed by atoms with Crippen molar-refractivity contribution in [2.24, 2.45) is 0 Å². The molecule has 194 valence electrons. The lowest BCUT2D eigenvalue weighted by Crippen LogP contribution is -2.19. The third kappa shape index (κ3) is 4.72. The molecule has 0 bridgehead atoms. The number of carboxylic acid groups (broad SMARTS) is 1. The van der Waals surface area contributed by atoms with E-state index >= 15 is 0 Å². The quantitative estimate of drug-likeness (QED) is 0.267. The largest absolute Gasteiger partial charge is 0.481 e. The van der Waals surface area contributed by atoms with Gasteiger partial charge in [0.15, 0.2) is 11.6 Å². The van der Waals surface area contributed by atoms with Crippen LogP contribution in [0.4, 0.5) is 19.4 Å². The van der Waals surface area contributed by atoms with Gasteiger partial charge in [-0.2, -0.15) is 5.10 Å². The Labute approximate surface area is 221 Å². The van der Waals surface area contributed by atoms with Gasteiger partial charge in [0.25, 0.3) is 0 Å². The number of aliphatic carboxylic acids is 1.